The smallest absolute Gasteiger partial charge is 0.0935 e. The monoisotopic (exact) mass is 228 g/mol. The zero-order valence-electron chi connectivity index (χ0n) is 9.73. The predicted octanol–water partition coefficient (Wildman–Crippen LogP) is 3.04. The fraction of sp³-hybridized carbons (Fsp3) is 0.333. The number of hydrogen-bond acceptors (Lipinski definition) is 2. The first-order valence-electron chi connectivity index (χ1n) is 6.14. The summed E-state index contributed by atoms with van der Waals surface area (Å²) in [5, 5.41) is 10.2. The van der Waals surface area contributed by atoms with E-state index in [4.69, 9.17) is 4.42 Å². The molecule has 3 rings (SSSR count). The highest BCUT2D eigenvalue weighted by molar-refractivity contribution is 5.36. The molecule has 0 bridgehead atoms. The molecule has 1 atom stereocenters. The molecule has 88 valence electrons. The first-order valence-corrected chi connectivity index (χ1v) is 6.14. The SMILES string of the molecule is OC(Cc1ccoc1)c1ccc2c(c1)CCC2. The summed E-state index contributed by atoms with van der Waals surface area (Å²) in [6.07, 6.45) is 7.11. The van der Waals surface area contributed by atoms with E-state index in [1.54, 1.807) is 12.5 Å². The molecular weight excluding hydrogens is 212 g/mol. The molecule has 1 N–H and O–H groups in total. The molecule has 0 spiro atoms. The first kappa shape index (κ1) is 10.6. The fourth-order valence-corrected chi connectivity index (χ4v) is 2.55. The molecular formula is C15H16O2. The standard InChI is InChI=1S/C15H16O2/c16-15(8-11-6-7-17-10-11)14-5-4-12-2-1-3-13(12)9-14/h4-7,9-10,15-16H,1-3,8H2. The van der Waals surface area contributed by atoms with Crippen LogP contribution in [0, 0.1) is 0 Å². The minimum atomic E-state index is -0.432. The maximum atomic E-state index is 10.2. The number of furan rings is 1. The Hall–Kier alpha value is -1.54. The first-order chi connectivity index (χ1) is 8.33. The summed E-state index contributed by atoms with van der Waals surface area (Å²) >= 11 is 0. The van der Waals surface area contributed by atoms with Crippen LogP contribution in [0.5, 0.6) is 0 Å². The second-order valence-electron chi connectivity index (χ2n) is 4.73. The van der Waals surface area contributed by atoms with Crippen LogP contribution >= 0.6 is 0 Å². The quantitative estimate of drug-likeness (QED) is 0.876. The molecule has 0 aliphatic heterocycles. The van der Waals surface area contributed by atoms with Gasteiger partial charge in [0.05, 0.1) is 18.6 Å². The van der Waals surface area contributed by atoms with Gasteiger partial charge in [0.2, 0.25) is 0 Å². The van der Waals surface area contributed by atoms with Crippen LogP contribution in [0.15, 0.2) is 41.2 Å². The van der Waals surface area contributed by atoms with Gasteiger partial charge >= 0.3 is 0 Å². The van der Waals surface area contributed by atoms with Crippen molar-refractivity contribution in [1.29, 1.82) is 0 Å². The highest BCUT2D eigenvalue weighted by Crippen LogP contribution is 2.26. The lowest BCUT2D eigenvalue weighted by molar-refractivity contribution is 0.178. The maximum Gasteiger partial charge on any atom is 0.0935 e. The molecule has 1 unspecified atom stereocenters. The minimum absolute atomic E-state index is 0.432. The van der Waals surface area contributed by atoms with Crippen molar-refractivity contribution in [1.82, 2.24) is 0 Å². The predicted molar refractivity (Wildman–Crippen MR) is 65.8 cm³/mol. The Morgan fingerprint density at radius 3 is 2.88 bits per heavy atom. The number of rotatable bonds is 3. The molecule has 1 heterocycles. The normalized spacial score (nSPS) is 15.8. The minimum Gasteiger partial charge on any atom is -0.472 e. The molecule has 0 saturated heterocycles. The number of aryl methyl sites for hydroxylation is 2. The third kappa shape index (κ3) is 2.13. The Kier molecular flexibility index (Phi) is 2.73. The Balaban J connectivity index is 1.79. The van der Waals surface area contributed by atoms with Gasteiger partial charge in [-0.25, -0.2) is 0 Å². The van der Waals surface area contributed by atoms with Gasteiger partial charge in [0, 0.05) is 6.42 Å². The van der Waals surface area contributed by atoms with Crippen LogP contribution in [0.4, 0.5) is 0 Å². The Bertz CT molecular complexity index is 500. The van der Waals surface area contributed by atoms with Crippen LogP contribution in [-0.4, -0.2) is 5.11 Å². The molecule has 1 aromatic carbocycles. The molecule has 0 amide bonds. The molecule has 0 radical (unpaired) electrons. The van der Waals surface area contributed by atoms with E-state index in [0.29, 0.717) is 6.42 Å². The lowest BCUT2D eigenvalue weighted by atomic mass is 9.99. The van der Waals surface area contributed by atoms with Crippen LogP contribution in [0.3, 0.4) is 0 Å². The van der Waals surface area contributed by atoms with Gasteiger partial charge in [0.15, 0.2) is 0 Å². The van der Waals surface area contributed by atoms with Gasteiger partial charge in [-0.2, -0.15) is 0 Å². The zero-order chi connectivity index (χ0) is 11.7. The Morgan fingerprint density at radius 1 is 1.18 bits per heavy atom. The molecule has 1 aromatic heterocycles. The summed E-state index contributed by atoms with van der Waals surface area (Å²) in [5.41, 5.74) is 4.92. The van der Waals surface area contributed by atoms with Gasteiger partial charge in [-0.3, -0.25) is 0 Å². The second kappa shape index (κ2) is 4.38. The van der Waals surface area contributed by atoms with Gasteiger partial charge in [-0.05, 0) is 47.6 Å². The van der Waals surface area contributed by atoms with Crippen molar-refractivity contribution in [3.8, 4) is 0 Å². The van der Waals surface area contributed by atoms with Gasteiger partial charge in [0.25, 0.3) is 0 Å². The van der Waals surface area contributed by atoms with Crippen LogP contribution in [0.25, 0.3) is 0 Å². The lowest BCUT2D eigenvalue weighted by Gasteiger charge is -2.11. The van der Waals surface area contributed by atoms with Crippen LogP contribution in [-0.2, 0) is 19.3 Å². The topological polar surface area (TPSA) is 33.4 Å². The van der Waals surface area contributed by atoms with Crippen molar-refractivity contribution in [2.75, 3.05) is 0 Å². The molecule has 1 aliphatic carbocycles. The summed E-state index contributed by atoms with van der Waals surface area (Å²) in [6, 6.07) is 8.27. The van der Waals surface area contributed by atoms with E-state index < -0.39 is 6.10 Å². The number of fused-ring (bicyclic) bond motifs is 1. The average Bonchev–Trinajstić information content (AvgIpc) is 2.97. The second-order valence-corrected chi connectivity index (χ2v) is 4.73. The number of benzene rings is 1. The Labute approximate surface area is 101 Å². The van der Waals surface area contributed by atoms with Gasteiger partial charge in [0.1, 0.15) is 0 Å². The summed E-state index contributed by atoms with van der Waals surface area (Å²) in [6.45, 7) is 0. The summed E-state index contributed by atoms with van der Waals surface area (Å²) in [5.74, 6) is 0. The third-order valence-electron chi connectivity index (χ3n) is 3.52. The van der Waals surface area contributed by atoms with E-state index in [0.717, 1.165) is 17.5 Å². The lowest BCUT2D eigenvalue weighted by Crippen LogP contribution is -2.02. The van der Waals surface area contributed by atoms with Crippen molar-refractivity contribution < 1.29 is 9.52 Å². The van der Waals surface area contributed by atoms with E-state index in [9.17, 15) is 5.11 Å². The molecule has 17 heavy (non-hydrogen) atoms. The van der Waals surface area contributed by atoms with E-state index in [1.165, 1.54) is 24.0 Å². The molecule has 2 heteroatoms. The maximum absolute atomic E-state index is 10.2. The summed E-state index contributed by atoms with van der Waals surface area (Å²) in [4.78, 5) is 0. The zero-order valence-corrected chi connectivity index (χ0v) is 9.73. The van der Waals surface area contributed by atoms with Crippen LogP contribution in [0.2, 0.25) is 0 Å². The van der Waals surface area contributed by atoms with Gasteiger partial charge in [-0.1, -0.05) is 18.2 Å². The summed E-state index contributed by atoms with van der Waals surface area (Å²) < 4.78 is 5.01. The molecule has 0 fully saturated rings. The van der Waals surface area contributed by atoms with Gasteiger partial charge in [-0.15, -0.1) is 0 Å². The van der Waals surface area contributed by atoms with Crippen molar-refractivity contribution in [3.05, 3.63) is 59.0 Å². The molecule has 2 nitrogen and oxygen atoms in total. The van der Waals surface area contributed by atoms with Crippen molar-refractivity contribution >= 4 is 0 Å². The molecule has 0 saturated carbocycles. The van der Waals surface area contributed by atoms with Crippen LogP contribution in [0.1, 0.15) is 34.8 Å². The largest absolute Gasteiger partial charge is 0.472 e. The Morgan fingerprint density at radius 2 is 2.06 bits per heavy atom. The van der Waals surface area contributed by atoms with E-state index in [2.05, 4.69) is 18.2 Å². The summed E-state index contributed by atoms with van der Waals surface area (Å²) in [7, 11) is 0. The van der Waals surface area contributed by atoms with E-state index >= 15 is 0 Å². The van der Waals surface area contributed by atoms with Crippen molar-refractivity contribution in [2.45, 2.75) is 31.8 Å². The highest BCUT2D eigenvalue weighted by atomic mass is 16.3. The van der Waals surface area contributed by atoms with E-state index in [1.807, 2.05) is 6.07 Å². The average molecular weight is 228 g/mol. The molecule has 1 aliphatic rings. The van der Waals surface area contributed by atoms with Crippen molar-refractivity contribution in [2.24, 2.45) is 0 Å². The number of hydrogen-bond donors (Lipinski definition) is 1. The molecule has 2 aromatic rings. The van der Waals surface area contributed by atoms with Crippen molar-refractivity contribution in [3.63, 3.8) is 0 Å². The van der Waals surface area contributed by atoms with E-state index in [-0.39, 0.29) is 0 Å². The third-order valence-corrected chi connectivity index (χ3v) is 3.52. The number of aliphatic hydroxyl groups excluding tert-OH is 1. The number of aliphatic hydroxyl groups is 1. The highest BCUT2D eigenvalue weighted by Gasteiger charge is 2.15. The fourth-order valence-electron chi connectivity index (χ4n) is 2.55. The van der Waals surface area contributed by atoms with Gasteiger partial charge < -0.3 is 9.52 Å². The van der Waals surface area contributed by atoms with Crippen LogP contribution < -0.4 is 0 Å².